The number of carbonyl (C=O) groups excluding carboxylic acids is 3. The van der Waals surface area contributed by atoms with E-state index in [-0.39, 0.29) is 18.9 Å². The first-order chi connectivity index (χ1) is 12.3. The van der Waals surface area contributed by atoms with E-state index >= 15 is 0 Å². The maximum atomic E-state index is 11.8. The molecule has 0 unspecified atom stereocenters. The predicted octanol–water partition coefficient (Wildman–Crippen LogP) is 1.75. The Balaban J connectivity index is 1.78. The van der Waals surface area contributed by atoms with Gasteiger partial charge >= 0.3 is 5.97 Å². The molecule has 0 aliphatic rings. The fourth-order valence-electron chi connectivity index (χ4n) is 1.84. The molecule has 0 saturated heterocycles. The van der Waals surface area contributed by atoms with Crippen molar-refractivity contribution in [3.63, 3.8) is 0 Å². The maximum Gasteiger partial charge on any atom is 0.312 e. The second kappa shape index (κ2) is 9.30. The first-order valence-electron chi connectivity index (χ1n) is 7.68. The molecule has 0 atom stereocenters. The Labute approximate surface area is 159 Å². The molecular formula is C17H18ClN3O4S. The molecule has 1 heterocycles. The normalized spacial score (nSPS) is 10.3. The van der Waals surface area contributed by atoms with Gasteiger partial charge in [0.15, 0.2) is 6.61 Å². The highest BCUT2D eigenvalue weighted by atomic mass is 35.5. The lowest BCUT2D eigenvalue weighted by molar-refractivity contribution is -0.148. The third-order valence-corrected chi connectivity index (χ3v) is 4.46. The highest BCUT2D eigenvalue weighted by Gasteiger charge is 2.13. The van der Waals surface area contributed by atoms with Gasteiger partial charge in [-0.1, -0.05) is 23.7 Å². The van der Waals surface area contributed by atoms with E-state index in [0.29, 0.717) is 10.7 Å². The molecule has 9 heteroatoms. The van der Waals surface area contributed by atoms with Gasteiger partial charge in [-0.25, -0.2) is 4.98 Å². The van der Waals surface area contributed by atoms with Gasteiger partial charge < -0.3 is 15.0 Å². The van der Waals surface area contributed by atoms with Crippen LogP contribution in [0, 0.1) is 0 Å². The lowest BCUT2D eigenvalue weighted by Crippen LogP contribution is -2.38. The number of thiazole rings is 1. The van der Waals surface area contributed by atoms with E-state index in [0.717, 1.165) is 10.6 Å². The molecule has 138 valence electrons. The zero-order valence-corrected chi connectivity index (χ0v) is 15.9. The number of benzene rings is 1. The Bertz CT molecular complexity index is 790. The highest BCUT2D eigenvalue weighted by molar-refractivity contribution is 7.13. The van der Waals surface area contributed by atoms with Crippen molar-refractivity contribution in [1.29, 1.82) is 0 Å². The van der Waals surface area contributed by atoms with Gasteiger partial charge in [-0.3, -0.25) is 14.4 Å². The van der Waals surface area contributed by atoms with E-state index in [4.69, 9.17) is 16.3 Å². The quantitative estimate of drug-likeness (QED) is 0.721. The third-order valence-electron chi connectivity index (χ3n) is 3.27. The number of hydrogen-bond donors (Lipinski definition) is 1. The summed E-state index contributed by atoms with van der Waals surface area (Å²) in [6.07, 6.45) is -0.0337. The van der Waals surface area contributed by atoms with E-state index < -0.39 is 18.5 Å². The smallest absolute Gasteiger partial charge is 0.312 e. The molecule has 1 N–H and O–H groups in total. The van der Waals surface area contributed by atoms with Crippen LogP contribution in [0.4, 0.5) is 0 Å². The van der Waals surface area contributed by atoms with Gasteiger partial charge in [0.2, 0.25) is 5.91 Å². The van der Waals surface area contributed by atoms with E-state index in [1.807, 2.05) is 12.1 Å². The molecule has 0 saturated carbocycles. The van der Waals surface area contributed by atoms with Gasteiger partial charge in [-0.2, -0.15) is 0 Å². The highest BCUT2D eigenvalue weighted by Crippen LogP contribution is 2.25. The van der Waals surface area contributed by atoms with Crippen molar-refractivity contribution in [3.8, 4) is 10.6 Å². The second-order valence-electron chi connectivity index (χ2n) is 5.55. The van der Waals surface area contributed by atoms with Crippen LogP contribution < -0.4 is 5.32 Å². The molecule has 1 aromatic heterocycles. The minimum atomic E-state index is -0.563. The molecule has 1 aromatic carbocycles. The molecule has 2 amide bonds. The number of ether oxygens (including phenoxy) is 1. The third kappa shape index (κ3) is 6.12. The summed E-state index contributed by atoms with van der Waals surface area (Å²) in [6, 6.07) is 7.24. The van der Waals surface area contributed by atoms with E-state index in [1.54, 1.807) is 31.6 Å². The molecule has 2 rings (SSSR count). The number of aromatic nitrogens is 1. The minimum Gasteiger partial charge on any atom is -0.455 e. The number of nitrogens with zero attached hydrogens (tertiary/aromatic N) is 2. The number of halogens is 1. The summed E-state index contributed by atoms with van der Waals surface area (Å²) in [6.45, 7) is -0.576. The minimum absolute atomic E-state index is 0.0337. The predicted molar refractivity (Wildman–Crippen MR) is 98.9 cm³/mol. The molecule has 0 fully saturated rings. The van der Waals surface area contributed by atoms with Gasteiger partial charge in [-0.05, 0) is 12.1 Å². The number of amides is 2. The number of hydrogen-bond acceptors (Lipinski definition) is 6. The molecule has 0 aliphatic carbocycles. The molecule has 26 heavy (non-hydrogen) atoms. The Kier molecular flexibility index (Phi) is 7.11. The summed E-state index contributed by atoms with van der Waals surface area (Å²) in [5.74, 6) is -1.34. The first kappa shape index (κ1) is 19.9. The lowest BCUT2D eigenvalue weighted by Gasteiger charge is -2.10. The van der Waals surface area contributed by atoms with Crippen molar-refractivity contribution < 1.29 is 19.1 Å². The molecule has 0 bridgehead atoms. The van der Waals surface area contributed by atoms with Crippen molar-refractivity contribution in [2.75, 3.05) is 27.2 Å². The van der Waals surface area contributed by atoms with Gasteiger partial charge in [0.1, 0.15) is 5.01 Å². The Morgan fingerprint density at radius 3 is 2.58 bits per heavy atom. The van der Waals surface area contributed by atoms with Gasteiger partial charge in [-0.15, -0.1) is 11.3 Å². The largest absolute Gasteiger partial charge is 0.455 e. The summed E-state index contributed by atoms with van der Waals surface area (Å²) >= 11 is 7.26. The van der Waals surface area contributed by atoms with Crippen molar-refractivity contribution in [2.24, 2.45) is 0 Å². The number of likely N-dealkylation sites (N-methyl/N-ethyl adjacent to an activating group) is 1. The van der Waals surface area contributed by atoms with Crippen LogP contribution in [0.15, 0.2) is 29.6 Å². The summed E-state index contributed by atoms with van der Waals surface area (Å²) < 4.78 is 4.90. The van der Waals surface area contributed by atoms with E-state index in [1.165, 1.54) is 16.2 Å². The lowest BCUT2D eigenvalue weighted by atomic mass is 10.2. The summed E-state index contributed by atoms with van der Waals surface area (Å²) in [7, 11) is 3.17. The van der Waals surface area contributed by atoms with E-state index in [2.05, 4.69) is 10.3 Å². The number of nitrogens with one attached hydrogen (secondary N) is 1. The zero-order chi connectivity index (χ0) is 19.1. The van der Waals surface area contributed by atoms with Gasteiger partial charge in [0, 0.05) is 30.1 Å². The Morgan fingerprint density at radius 2 is 1.92 bits per heavy atom. The van der Waals surface area contributed by atoms with E-state index in [9.17, 15) is 14.4 Å². The fourth-order valence-corrected chi connectivity index (χ4v) is 2.79. The van der Waals surface area contributed by atoms with Crippen LogP contribution in [-0.2, 0) is 25.5 Å². The molecule has 0 aliphatic heterocycles. The Hall–Kier alpha value is -2.45. The van der Waals surface area contributed by atoms with Crippen LogP contribution in [-0.4, -0.2) is 54.9 Å². The van der Waals surface area contributed by atoms with Crippen LogP contribution in [0.3, 0.4) is 0 Å². The topological polar surface area (TPSA) is 88.6 Å². The van der Waals surface area contributed by atoms with Gasteiger partial charge in [0.25, 0.3) is 5.91 Å². The molecular weight excluding hydrogens is 378 g/mol. The number of carbonyl (C=O) groups is 3. The van der Waals surface area contributed by atoms with Crippen LogP contribution in [0.5, 0.6) is 0 Å². The molecule has 0 spiro atoms. The van der Waals surface area contributed by atoms with Crippen molar-refractivity contribution in [2.45, 2.75) is 6.42 Å². The second-order valence-corrected chi connectivity index (χ2v) is 6.85. The average molecular weight is 396 g/mol. The van der Waals surface area contributed by atoms with Crippen molar-refractivity contribution >= 4 is 40.7 Å². The number of esters is 1. The summed E-state index contributed by atoms with van der Waals surface area (Å²) in [5, 5.41) is 5.55. The molecule has 7 nitrogen and oxygen atoms in total. The average Bonchev–Trinajstić information content (AvgIpc) is 3.06. The Morgan fingerprint density at radius 1 is 1.23 bits per heavy atom. The van der Waals surface area contributed by atoms with Crippen LogP contribution >= 0.6 is 22.9 Å². The van der Waals surface area contributed by atoms with Crippen LogP contribution in [0.2, 0.25) is 5.02 Å². The monoisotopic (exact) mass is 395 g/mol. The fraction of sp³-hybridized carbons (Fsp3) is 0.294. The maximum absolute atomic E-state index is 11.8. The van der Waals surface area contributed by atoms with Gasteiger partial charge in [0.05, 0.1) is 18.7 Å². The first-order valence-corrected chi connectivity index (χ1v) is 8.93. The summed E-state index contributed by atoms with van der Waals surface area (Å²) in [4.78, 5) is 40.5. The molecule has 0 radical (unpaired) electrons. The zero-order valence-electron chi connectivity index (χ0n) is 14.3. The molecule has 2 aromatic rings. The SMILES string of the molecule is CN(C)C(=O)CNC(=O)COC(=O)Cc1csc(-c2ccc(Cl)cc2)n1. The standard InChI is InChI=1S/C17H18ClN3O4S/c1-21(2)15(23)8-19-14(22)9-25-16(24)7-13-10-26-17(20-13)11-3-5-12(18)6-4-11/h3-6,10H,7-9H2,1-2H3,(H,19,22). The summed E-state index contributed by atoms with van der Waals surface area (Å²) in [5.41, 5.74) is 1.47. The van der Waals surface area contributed by atoms with Crippen molar-refractivity contribution in [1.82, 2.24) is 15.2 Å². The van der Waals surface area contributed by atoms with Crippen LogP contribution in [0.1, 0.15) is 5.69 Å². The number of rotatable bonds is 7. The van der Waals surface area contributed by atoms with Crippen LogP contribution in [0.25, 0.3) is 10.6 Å². The van der Waals surface area contributed by atoms with Crippen molar-refractivity contribution in [3.05, 3.63) is 40.4 Å².